The van der Waals surface area contributed by atoms with Gasteiger partial charge in [0.2, 0.25) is 5.95 Å². The van der Waals surface area contributed by atoms with Gasteiger partial charge in [0.1, 0.15) is 11.2 Å². The number of rotatable bonds is 5. The average Bonchev–Trinajstić information content (AvgIpc) is 3.93. The maximum absolute atomic E-state index is 6.26. The van der Waals surface area contributed by atoms with Crippen LogP contribution in [0.3, 0.4) is 0 Å². The molecule has 4 heterocycles. The number of aromatic nitrogens is 5. The first-order chi connectivity index (χ1) is 28.3. The largest absolute Gasteiger partial charge is 0.456 e. The van der Waals surface area contributed by atoms with Crippen LogP contribution in [0.25, 0.3) is 111 Å². The number of nitrogens with zero attached hydrogens (tertiary/aromatic N) is 5. The van der Waals surface area contributed by atoms with Gasteiger partial charge in [-0.05, 0) is 65.7 Å². The molecule has 0 aliphatic carbocycles. The molecule has 0 radical (unpaired) electrons. The molecule has 0 fully saturated rings. The summed E-state index contributed by atoms with van der Waals surface area (Å²) in [6.07, 6.45) is 0. The zero-order valence-electron chi connectivity index (χ0n) is 30.5. The van der Waals surface area contributed by atoms with Crippen molar-refractivity contribution < 1.29 is 4.42 Å². The van der Waals surface area contributed by atoms with Crippen LogP contribution < -0.4 is 0 Å². The molecule has 12 aromatic rings. The van der Waals surface area contributed by atoms with E-state index in [1.807, 2.05) is 36.4 Å². The van der Waals surface area contributed by atoms with Gasteiger partial charge in [-0.1, -0.05) is 133 Å². The Morgan fingerprint density at radius 1 is 0.351 bits per heavy atom. The lowest BCUT2D eigenvalue weighted by atomic mass is 9.98. The topological polar surface area (TPSA) is 61.7 Å². The van der Waals surface area contributed by atoms with E-state index in [4.69, 9.17) is 19.4 Å². The lowest BCUT2D eigenvalue weighted by molar-refractivity contribution is 0.669. The van der Waals surface area contributed by atoms with Crippen LogP contribution in [0.5, 0.6) is 0 Å². The van der Waals surface area contributed by atoms with Crippen LogP contribution >= 0.6 is 0 Å². The van der Waals surface area contributed by atoms with Gasteiger partial charge in [0.05, 0.1) is 22.1 Å². The highest BCUT2D eigenvalue weighted by Gasteiger charge is 2.21. The molecule has 0 spiro atoms. The summed E-state index contributed by atoms with van der Waals surface area (Å²) in [5.74, 6) is 1.75. The normalized spacial score (nSPS) is 11.9. The molecule has 12 rings (SSSR count). The summed E-state index contributed by atoms with van der Waals surface area (Å²) in [4.78, 5) is 15.7. The van der Waals surface area contributed by atoms with Gasteiger partial charge in [-0.15, -0.1) is 0 Å². The molecule has 0 aliphatic heterocycles. The van der Waals surface area contributed by atoms with Crippen LogP contribution in [0.15, 0.2) is 192 Å². The van der Waals surface area contributed by atoms with Crippen LogP contribution in [0, 0.1) is 0 Å². The quantitative estimate of drug-likeness (QED) is 0.177. The van der Waals surface area contributed by atoms with Gasteiger partial charge in [-0.2, -0.15) is 9.97 Å². The molecule has 57 heavy (non-hydrogen) atoms. The van der Waals surface area contributed by atoms with Crippen molar-refractivity contribution in [2.45, 2.75) is 0 Å². The van der Waals surface area contributed by atoms with E-state index in [2.05, 4.69) is 161 Å². The number of hydrogen-bond donors (Lipinski definition) is 0. The number of hydrogen-bond acceptors (Lipinski definition) is 4. The van der Waals surface area contributed by atoms with Crippen LogP contribution in [0.4, 0.5) is 0 Å². The maximum atomic E-state index is 6.26. The third-order valence-corrected chi connectivity index (χ3v) is 11.2. The molecule has 0 aliphatic rings. The van der Waals surface area contributed by atoms with Crippen molar-refractivity contribution in [2.75, 3.05) is 0 Å². The van der Waals surface area contributed by atoms with E-state index >= 15 is 0 Å². The van der Waals surface area contributed by atoms with E-state index in [0.29, 0.717) is 17.6 Å². The average molecular weight is 730 g/mol. The molecule has 266 valence electrons. The summed E-state index contributed by atoms with van der Waals surface area (Å²) in [7, 11) is 0. The highest BCUT2D eigenvalue weighted by atomic mass is 16.3. The zero-order valence-corrected chi connectivity index (χ0v) is 30.5. The predicted molar refractivity (Wildman–Crippen MR) is 232 cm³/mol. The molecule has 6 heteroatoms. The summed E-state index contributed by atoms with van der Waals surface area (Å²) in [5, 5.41) is 6.87. The molecule has 0 bridgehead atoms. The highest BCUT2D eigenvalue weighted by Crippen LogP contribution is 2.41. The van der Waals surface area contributed by atoms with Gasteiger partial charge >= 0.3 is 0 Å². The molecule has 0 amide bonds. The van der Waals surface area contributed by atoms with Gasteiger partial charge in [-0.25, -0.2) is 4.98 Å². The fraction of sp³-hybridized carbons (Fsp3) is 0. The second kappa shape index (κ2) is 12.3. The van der Waals surface area contributed by atoms with Crippen molar-refractivity contribution >= 4 is 65.6 Å². The minimum absolute atomic E-state index is 0.556. The van der Waals surface area contributed by atoms with Crippen molar-refractivity contribution in [3.8, 4) is 45.5 Å². The molecule has 0 N–H and O–H groups in total. The van der Waals surface area contributed by atoms with Gasteiger partial charge in [0.25, 0.3) is 0 Å². The first-order valence-electron chi connectivity index (χ1n) is 19.1. The predicted octanol–water partition coefficient (Wildman–Crippen LogP) is 13.0. The molecule has 0 unspecified atom stereocenters. The van der Waals surface area contributed by atoms with Crippen molar-refractivity contribution in [3.63, 3.8) is 0 Å². The Balaban J connectivity index is 1.12. The van der Waals surface area contributed by atoms with E-state index in [9.17, 15) is 0 Å². The van der Waals surface area contributed by atoms with Crippen molar-refractivity contribution in [3.05, 3.63) is 188 Å². The third-order valence-electron chi connectivity index (χ3n) is 11.2. The smallest absolute Gasteiger partial charge is 0.238 e. The first kappa shape index (κ1) is 31.5. The molecule has 4 aromatic heterocycles. The number of para-hydroxylation sites is 4. The summed E-state index contributed by atoms with van der Waals surface area (Å²) in [6, 6.07) is 65.5. The molecule has 0 atom stereocenters. The van der Waals surface area contributed by atoms with Crippen LogP contribution in [0.2, 0.25) is 0 Å². The fourth-order valence-electron chi connectivity index (χ4n) is 8.65. The van der Waals surface area contributed by atoms with Gasteiger partial charge in [0, 0.05) is 49.1 Å². The van der Waals surface area contributed by atoms with Gasteiger partial charge in [0.15, 0.2) is 11.6 Å². The van der Waals surface area contributed by atoms with Gasteiger partial charge < -0.3 is 8.98 Å². The minimum atomic E-state index is 0.556. The van der Waals surface area contributed by atoms with Crippen LogP contribution in [-0.2, 0) is 0 Å². The van der Waals surface area contributed by atoms with E-state index < -0.39 is 0 Å². The summed E-state index contributed by atoms with van der Waals surface area (Å²) >= 11 is 0. The zero-order chi connectivity index (χ0) is 37.5. The summed E-state index contributed by atoms with van der Waals surface area (Å²) in [6.45, 7) is 0. The Morgan fingerprint density at radius 3 is 1.68 bits per heavy atom. The molecular weight excluding hydrogens is 699 g/mol. The lowest BCUT2D eigenvalue weighted by Crippen LogP contribution is -2.06. The number of benzene rings is 8. The Kier molecular flexibility index (Phi) is 6.83. The van der Waals surface area contributed by atoms with E-state index in [1.54, 1.807) is 0 Å². The molecule has 8 aromatic carbocycles. The van der Waals surface area contributed by atoms with Crippen molar-refractivity contribution in [2.24, 2.45) is 0 Å². The molecule has 6 nitrogen and oxygen atoms in total. The maximum Gasteiger partial charge on any atom is 0.238 e. The summed E-state index contributed by atoms with van der Waals surface area (Å²) < 4.78 is 10.8. The monoisotopic (exact) mass is 729 g/mol. The van der Waals surface area contributed by atoms with Crippen LogP contribution in [0.1, 0.15) is 0 Å². The molecule has 0 saturated heterocycles. The van der Waals surface area contributed by atoms with Crippen molar-refractivity contribution in [1.29, 1.82) is 0 Å². The standard InChI is InChI=1S/C51H31N5O/c1-3-15-32(16-4-1)49-52-50(34-18-13-17-33(29-34)36-24-14-28-47-48(36)39-23-9-12-27-46(39)57-47)54-51(53-49)56-43-26-11-8-22-38(43)41-30-40-37-21-7-10-25-42(37)55(44(40)31-45(41)56)35-19-5-2-6-20-35/h1-31H. The highest BCUT2D eigenvalue weighted by molar-refractivity contribution is 6.19. The minimum Gasteiger partial charge on any atom is -0.456 e. The Labute approximate surface area is 326 Å². The van der Waals surface area contributed by atoms with E-state index in [-0.39, 0.29) is 0 Å². The summed E-state index contributed by atoms with van der Waals surface area (Å²) in [5.41, 5.74) is 11.1. The SMILES string of the molecule is c1ccc(-c2nc(-c3cccc(-c4cccc5oc6ccccc6c45)c3)nc(-n3c4ccccc4c4cc5c6ccccc6n(-c6ccccc6)c5cc43)n2)cc1. The number of furan rings is 1. The second-order valence-electron chi connectivity index (χ2n) is 14.4. The second-order valence-corrected chi connectivity index (χ2v) is 14.4. The number of fused-ring (bicyclic) bond motifs is 9. The lowest BCUT2D eigenvalue weighted by Gasteiger charge is -2.12. The Bertz CT molecular complexity index is 3520. The Hall–Kier alpha value is -7.83. The third kappa shape index (κ3) is 4.87. The van der Waals surface area contributed by atoms with Gasteiger partial charge in [-0.3, -0.25) is 4.57 Å². The molecular formula is C51H31N5O. The van der Waals surface area contributed by atoms with E-state index in [0.717, 1.165) is 82.7 Å². The Morgan fingerprint density at radius 2 is 0.912 bits per heavy atom. The first-order valence-corrected chi connectivity index (χ1v) is 19.1. The molecule has 0 saturated carbocycles. The fourth-order valence-corrected chi connectivity index (χ4v) is 8.65. The van der Waals surface area contributed by atoms with Crippen molar-refractivity contribution in [1.82, 2.24) is 24.1 Å². The van der Waals surface area contributed by atoms with Crippen LogP contribution in [-0.4, -0.2) is 24.1 Å². The van der Waals surface area contributed by atoms with E-state index in [1.165, 1.54) is 10.8 Å².